The normalized spacial score (nSPS) is 19.4. The van der Waals surface area contributed by atoms with E-state index in [2.05, 4.69) is 0 Å². The highest BCUT2D eigenvalue weighted by Crippen LogP contribution is 2.37. The maximum atomic E-state index is 13.3. The first kappa shape index (κ1) is 18.9. The van der Waals surface area contributed by atoms with Crippen LogP contribution in [0.1, 0.15) is 30.4 Å². The van der Waals surface area contributed by atoms with Crippen molar-refractivity contribution >= 4 is 10.0 Å². The molecule has 0 radical (unpaired) electrons. The Bertz CT molecular complexity index is 851. The summed E-state index contributed by atoms with van der Waals surface area (Å²) in [7, 11) is -4.23. The maximum absolute atomic E-state index is 13.3. The van der Waals surface area contributed by atoms with Crippen molar-refractivity contribution < 1.29 is 21.6 Å². The molecule has 0 amide bonds. The van der Waals surface area contributed by atoms with Crippen LogP contribution < -0.4 is 0 Å². The van der Waals surface area contributed by atoms with Crippen molar-refractivity contribution in [1.82, 2.24) is 4.31 Å². The number of halogens is 3. The van der Waals surface area contributed by atoms with Gasteiger partial charge in [-0.2, -0.15) is 17.5 Å². The third kappa shape index (κ3) is 3.94. The minimum absolute atomic E-state index is 0.242. The summed E-state index contributed by atoms with van der Waals surface area (Å²) in [6, 6.07) is 13.5. The number of hydrogen-bond acceptors (Lipinski definition) is 2. The number of hydrogen-bond donors (Lipinski definition) is 0. The van der Waals surface area contributed by atoms with E-state index in [1.807, 2.05) is 30.3 Å². The highest BCUT2D eigenvalue weighted by Gasteiger charge is 2.41. The van der Waals surface area contributed by atoms with Gasteiger partial charge in [-0.05, 0) is 37.0 Å². The van der Waals surface area contributed by atoms with Gasteiger partial charge in [-0.3, -0.25) is 0 Å². The topological polar surface area (TPSA) is 37.4 Å². The maximum Gasteiger partial charge on any atom is 0.417 e. The van der Waals surface area contributed by atoms with Crippen molar-refractivity contribution in [3.63, 3.8) is 0 Å². The van der Waals surface area contributed by atoms with Gasteiger partial charge in [-0.25, -0.2) is 8.42 Å². The van der Waals surface area contributed by atoms with E-state index in [1.165, 1.54) is 16.4 Å². The predicted octanol–water partition coefficient (Wildman–Crippen LogP) is 4.49. The van der Waals surface area contributed by atoms with Crippen LogP contribution in [-0.4, -0.2) is 25.3 Å². The number of rotatable bonds is 4. The molecule has 0 bridgehead atoms. The lowest BCUT2D eigenvalue weighted by Gasteiger charge is -2.35. The van der Waals surface area contributed by atoms with Gasteiger partial charge in [0.25, 0.3) is 0 Å². The molecule has 26 heavy (non-hydrogen) atoms. The SMILES string of the molecule is O=S(=O)(c1ccccc1C(F)(F)F)N1CCCCC1Cc1ccccc1. The van der Waals surface area contributed by atoms with Crippen LogP contribution in [0.2, 0.25) is 0 Å². The molecule has 0 aromatic heterocycles. The van der Waals surface area contributed by atoms with Crippen molar-refractivity contribution in [2.45, 2.75) is 42.8 Å². The molecule has 1 aliphatic rings. The van der Waals surface area contributed by atoms with Crippen LogP contribution in [0, 0.1) is 0 Å². The van der Waals surface area contributed by atoms with E-state index in [4.69, 9.17) is 0 Å². The average Bonchev–Trinajstić information content (AvgIpc) is 2.62. The van der Waals surface area contributed by atoms with Crippen molar-refractivity contribution in [1.29, 1.82) is 0 Å². The Hall–Kier alpha value is -1.86. The molecule has 0 saturated carbocycles. The second-order valence-electron chi connectivity index (χ2n) is 6.45. The van der Waals surface area contributed by atoms with Gasteiger partial charge in [-0.15, -0.1) is 0 Å². The Morgan fingerprint density at radius 1 is 0.962 bits per heavy atom. The zero-order chi connectivity index (χ0) is 18.8. The second-order valence-corrected chi connectivity index (χ2v) is 8.31. The first-order valence-corrected chi connectivity index (χ1v) is 9.96. The Morgan fingerprint density at radius 2 is 1.62 bits per heavy atom. The van der Waals surface area contributed by atoms with E-state index < -0.39 is 26.7 Å². The number of sulfonamides is 1. The molecule has 3 nitrogen and oxygen atoms in total. The standard InChI is InChI=1S/C19H20F3NO2S/c20-19(21,22)17-11-4-5-12-18(17)26(24,25)23-13-7-6-10-16(23)14-15-8-2-1-3-9-15/h1-5,8-9,11-12,16H,6-7,10,13-14H2. The first-order valence-electron chi connectivity index (χ1n) is 8.52. The van der Waals surface area contributed by atoms with Gasteiger partial charge in [0.05, 0.1) is 10.5 Å². The Kier molecular flexibility index (Phi) is 5.39. The third-order valence-corrected chi connectivity index (χ3v) is 6.68. The van der Waals surface area contributed by atoms with E-state index in [9.17, 15) is 21.6 Å². The average molecular weight is 383 g/mol. The molecule has 1 atom stereocenters. The Morgan fingerprint density at radius 3 is 2.31 bits per heavy atom. The van der Waals surface area contributed by atoms with E-state index in [0.717, 1.165) is 24.1 Å². The van der Waals surface area contributed by atoms with Crippen LogP contribution in [0.5, 0.6) is 0 Å². The molecule has 1 saturated heterocycles. The highest BCUT2D eigenvalue weighted by molar-refractivity contribution is 7.89. The smallest absolute Gasteiger partial charge is 0.207 e. The Balaban J connectivity index is 1.97. The molecule has 0 spiro atoms. The van der Waals surface area contributed by atoms with Crippen LogP contribution in [-0.2, 0) is 22.6 Å². The van der Waals surface area contributed by atoms with Crippen molar-refractivity contribution in [3.8, 4) is 0 Å². The minimum Gasteiger partial charge on any atom is -0.207 e. The minimum atomic E-state index is -4.71. The van der Waals surface area contributed by atoms with E-state index in [-0.39, 0.29) is 12.6 Å². The van der Waals surface area contributed by atoms with Gasteiger partial charge in [0.2, 0.25) is 10.0 Å². The Labute approximate surface area is 151 Å². The fourth-order valence-electron chi connectivity index (χ4n) is 3.43. The second kappa shape index (κ2) is 7.40. The van der Waals surface area contributed by atoms with Gasteiger partial charge in [0.1, 0.15) is 0 Å². The number of nitrogens with zero attached hydrogens (tertiary/aromatic N) is 1. The molecule has 1 unspecified atom stereocenters. The van der Waals surface area contributed by atoms with Gasteiger partial charge in [-0.1, -0.05) is 48.9 Å². The monoisotopic (exact) mass is 383 g/mol. The van der Waals surface area contributed by atoms with E-state index >= 15 is 0 Å². The summed E-state index contributed by atoms with van der Waals surface area (Å²) in [6.45, 7) is 0.242. The molecule has 1 aliphatic heterocycles. The van der Waals surface area contributed by atoms with Crippen molar-refractivity contribution in [3.05, 3.63) is 65.7 Å². The zero-order valence-electron chi connectivity index (χ0n) is 14.1. The molecular formula is C19H20F3NO2S. The summed E-state index contributed by atoms with van der Waals surface area (Å²) in [5, 5.41) is 0. The summed E-state index contributed by atoms with van der Waals surface area (Å²) >= 11 is 0. The van der Waals surface area contributed by atoms with Crippen LogP contribution >= 0.6 is 0 Å². The first-order chi connectivity index (χ1) is 12.3. The summed E-state index contributed by atoms with van der Waals surface area (Å²) in [5.41, 5.74) is -0.132. The van der Waals surface area contributed by atoms with Gasteiger partial charge < -0.3 is 0 Å². The van der Waals surface area contributed by atoms with E-state index in [1.54, 1.807) is 0 Å². The van der Waals surface area contributed by atoms with Gasteiger partial charge in [0.15, 0.2) is 0 Å². The zero-order valence-corrected chi connectivity index (χ0v) is 14.9. The molecule has 0 N–H and O–H groups in total. The molecule has 7 heteroatoms. The van der Waals surface area contributed by atoms with Crippen LogP contribution in [0.25, 0.3) is 0 Å². The fourth-order valence-corrected chi connectivity index (χ4v) is 5.34. The number of piperidine rings is 1. The highest BCUT2D eigenvalue weighted by atomic mass is 32.2. The fraction of sp³-hybridized carbons (Fsp3) is 0.368. The van der Waals surface area contributed by atoms with Crippen molar-refractivity contribution in [2.24, 2.45) is 0 Å². The van der Waals surface area contributed by atoms with Crippen molar-refractivity contribution in [2.75, 3.05) is 6.54 Å². The largest absolute Gasteiger partial charge is 0.417 e. The number of benzene rings is 2. The van der Waals surface area contributed by atoms with Crippen LogP contribution in [0.3, 0.4) is 0 Å². The molecule has 1 heterocycles. The van der Waals surface area contributed by atoms with E-state index in [0.29, 0.717) is 19.3 Å². The molecule has 2 aromatic carbocycles. The molecule has 2 aromatic rings. The summed E-state index contributed by atoms with van der Waals surface area (Å²) < 4.78 is 67.3. The predicted molar refractivity (Wildman–Crippen MR) is 93.1 cm³/mol. The third-order valence-electron chi connectivity index (χ3n) is 4.67. The summed E-state index contributed by atoms with van der Waals surface area (Å²) in [5.74, 6) is 0. The lowest BCUT2D eigenvalue weighted by atomic mass is 9.98. The number of alkyl halides is 3. The lowest BCUT2D eigenvalue weighted by molar-refractivity contribution is -0.139. The van der Waals surface area contributed by atoms with Gasteiger partial charge in [0, 0.05) is 12.6 Å². The molecular weight excluding hydrogens is 363 g/mol. The van der Waals surface area contributed by atoms with Crippen LogP contribution in [0.15, 0.2) is 59.5 Å². The molecule has 0 aliphatic carbocycles. The molecule has 3 rings (SSSR count). The lowest BCUT2D eigenvalue weighted by Crippen LogP contribution is -2.45. The van der Waals surface area contributed by atoms with Gasteiger partial charge >= 0.3 is 6.18 Å². The quantitative estimate of drug-likeness (QED) is 0.780. The summed E-state index contributed by atoms with van der Waals surface area (Å²) in [6.07, 6.45) is -2.06. The molecule has 140 valence electrons. The summed E-state index contributed by atoms with van der Waals surface area (Å²) in [4.78, 5) is -0.660. The van der Waals surface area contributed by atoms with Crippen LogP contribution in [0.4, 0.5) is 13.2 Å². The molecule has 1 fully saturated rings.